The molecule has 1 fully saturated rings. The highest BCUT2D eigenvalue weighted by molar-refractivity contribution is 5.85. The minimum atomic E-state index is -0.420. The highest BCUT2D eigenvalue weighted by Gasteiger charge is 2.24. The van der Waals surface area contributed by atoms with E-state index in [2.05, 4.69) is 10.1 Å². The number of esters is 1. The third kappa shape index (κ3) is 2.97. The second kappa shape index (κ2) is 5.35. The topological polar surface area (TPSA) is 47.6 Å². The molecule has 1 aliphatic rings. The van der Waals surface area contributed by atoms with E-state index < -0.39 is 6.10 Å². The minimum Gasteiger partial charge on any atom is -0.467 e. The van der Waals surface area contributed by atoms with E-state index in [9.17, 15) is 4.79 Å². The van der Waals surface area contributed by atoms with E-state index in [1.807, 2.05) is 6.92 Å². The van der Waals surface area contributed by atoms with Crippen LogP contribution in [0.1, 0.15) is 6.92 Å². The lowest BCUT2D eigenvalue weighted by Gasteiger charge is -2.26. The van der Waals surface area contributed by atoms with Gasteiger partial charge in [-0.25, -0.2) is 4.79 Å². The molecule has 0 aliphatic carbocycles. The minimum absolute atomic E-state index is 0. The van der Waals surface area contributed by atoms with Gasteiger partial charge in [0, 0.05) is 12.6 Å². The van der Waals surface area contributed by atoms with E-state index in [1.165, 1.54) is 7.11 Å². The van der Waals surface area contributed by atoms with Gasteiger partial charge in [-0.1, -0.05) is 0 Å². The molecular weight excluding hydrogens is 182 g/mol. The van der Waals surface area contributed by atoms with Crippen LogP contribution < -0.4 is 5.32 Å². The Balaban J connectivity index is 0.00000121. The lowest BCUT2D eigenvalue weighted by Crippen LogP contribution is -2.48. The van der Waals surface area contributed by atoms with E-state index in [1.54, 1.807) is 0 Å². The average molecular weight is 196 g/mol. The van der Waals surface area contributed by atoms with Crippen molar-refractivity contribution >= 4 is 18.4 Å². The standard InChI is InChI=1S/C7H13NO3.ClH/c1-5-4-11-6(3-8-5)7(9)10-2;/h5-6,8H,3-4H2,1-2H3;1H. The normalized spacial score (nSPS) is 28.8. The first-order chi connectivity index (χ1) is 5.24. The first-order valence-corrected chi connectivity index (χ1v) is 3.67. The van der Waals surface area contributed by atoms with Gasteiger partial charge in [0.15, 0.2) is 6.10 Å². The molecule has 12 heavy (non-hydrogen) atoms. The van der Waals surface area contributed by atoms with Crippen LogP contribution in [0.4, 0.5) is 0 Å². The van der Waals surface area contributed by atoms with E-state index in [-0.39, 0.29) is 18.4 Å². The summed E-state index contributed by atoms with van der Waals surface area (Å²) in [6, 6.07) is 0.330. The zero-order chi connectivity index (χ0) is 8.27. The lowest BCUT2D eigenvalue weighted by molar-refractivity contribution is -0.156. The summed E-state index contributed by atoms with van der Waals surface area (Å²) in [5.41, 5.74) is 0. The first kappa shape index (κ1) is 11.7. The van der Waals surface area contributed by atoms with Gasteiger partial charge in [-0.15, -0.1) is 12.4 Å². The number of hydrogen-bond acceptors (Lipinski definition) is 4. The van der Waals surface area contributed by atoms with E-state index >= 15 is 0 Å². The summed E-state index contributed by atoms with van der Waals surface area (Å²) in [5, 5.41) is 3.12. The molecule has 2 atom stereocenters. The van der Waals surface area contributed by atoms with Crippen molar-refractivity contribution < 1.29 is 14.3 Å². The van der Waals surface area contributed by atoms with Gasteiger partial charge in [0.25, 0.3) is 0 Å². The van der Waals surface area contributed by atoms with Gasteiger partial charge in [-0.2, -0.15) is 0 Å². The molecule has 1 N–H and O–H groups in total. The highest BCUT2D eigenvalue weighted by Crippen LogP contribution is 2.01. The van der Waals surface area contributed by atoms with Crippen LogP contribution in [0.15, 0.2) is 0 Å². The summed E-state index contributed by atoms with van der Waals surface area (Å²) in [4.78, 5) is 10.9. The Morgan fingerprint density at radius 3 is 2.75 bits per heavy atom. The second-order valence-corrected chi connectivity index (χ2v) is 2.65. The maximum atomic E-state index is 10.9. The zero-order valence-electron chi connectivity index (χ0n) is 7.20. The van der Waals surface area contributed by atoms with Crippen LogP contribution in [0.3, 0.4) is 0 Å². The molecule has 0 aromatic rings. The number of methoxy groups -OCH3 is 1. The van der Waals surface area contributed by atoms with Crippen molar-refractivity contribution in [1.82, 2.24) is 5.32 Å². The van der Waals surface area contributed by atoms with Crippen LogP contribution in [-0.4, -0.2) is 38.4 Å². The molecule has 4 nitrogen and oxygen atoms in total. The molecule has 1 aliphatic heterocycles. The van der Waals surface area contributed by atoms with Crippen LogP contribution in [-0.2, 0) is 14.3 Å². The molecule has 0 saturated carbocycles. The predicted octanol–water partition coefficient (Wildman–Crippen LogP) is -0.0419. The van der Waals surface area contributed by atoms with Crippen LogP contribution in [0.2, 0.25) is 0 Å². The SMILES string of the molecule is COC(=O)C1CNC(C)CO1.Cl. The fraction of sp³-hybridized carbons (Fsp3) is 0.857. The molecule has 72 valence electrons. The lowest BCUT2D eigenvalue weighted by atomic mass is 10.2. The maximum absolute atomic E-state index is 10.9. The molecule has 0 radical (unpaired) electrons. The molecule has 1 rings (SSSR count). The number of halogens is 1. The number of hydrogen-bond donors (Lipinski definition) is 1. The number of carbonyl (C=O) groups excluding carboxylic acids is 1. The Kier molecular flexibility index (Phi) is 5.20. The van der Waals surface area contributed by atoms with Gasteiger partial charge in [0.05, 0.1) is 13.7 Å². The third-order valence-corrected chi connectivity index (χ3v) is 1.66. The summed E-state index contributed by atoms with van der Waals surface area (Å²) < 4.78 is 9.73. The number of nitrogens with one attached hydrogen (secondary N) is 1. The van der Waals surface area contributed by atoms with Gasteiger partial charge < -0.3 is 14.8 Å². The quantitative estimate of drug-likeness (QED) is 0.597. The van der Waals surface area contributed by atoms with E-state index in [0.717, 1.165) is 0 Å². The zero-order valence-corrected chi connectivity index (χ0v) is 8.02. The van der Waals surface area contributed by atoms with Gasteiger partial charge in [-0.05, 0) is 6.92 Å². The fourth-order valence-electron chi connectivity index (χ4n) is 0.969. The highest BCUT2D eigenvalue weighted by atomic mass is 35.5. The van der Waals surface area contributed by atoms with Crippen molar-refractivity contribution in [2.75, 3.05) is 20.3 Å². The smallest absolute Gasteiger partial charge is 0.336 e. The van der Waals surface area contributed by atoms with Gasteiger partial charge in [0.2, 0.25) is 0 Å². The molecule has 5 heteroatoms. The Morgan fingerprint density at radius 2 is 2.33 bits per heavy atom. The third-order valence-electron chi connectivity index (χ3n) is 1.66. The average Bonchev–Trinajstić information content (AvgIpc) is 2.05. The van der Waals surface area contributed by atoms with Crippen molar-refractivity contribution in [2.24, 2.45) is 0 Å². The molecule has 1 heterocycles. The molecule has 1 saturated heterocycles. The number of morpholine rings is 1. The number of carbonyl (C=O) groups is 1. The molecule has 0 bridgehead atoms. The van der Waals surface area contributed by atoms with Crippen molar-refractivity contribution in [3.63, 3.8) is 0 Å². The summed E-state index contributed by atoms with van der Waals surface area (Å²) >= 11 is 0. The Morgan fingerprint density at radius 1 is 1.67 bits per heavy atom. The van der Waals surface area contributed by atoms with Crippen LogP contribution in [0.25, 0.3) is 0 Å². The van der Waals surface area contributed by atoms with Gasteiger partial charge in [0.1, 0.15) is 0 Å². The van der Waals surface area contributed by atoms with Crippen LogP contribution >= 0.6 is 12.4 Å². The molecular formula is C7H14ClNO3. The van der Waals surface area contributed by atoms with Crippen molar-refractivity contribution in [2.45, 2.75) is 19.1 Å². The Bertz CT molecular complexity index is 146. The van der Waals surface area contributed by atoms with Gasteiger partial charge in [-0.3, -0.25) is 0 Å². The molecule has 0 aromatic carbocycles. The summed E-state index contributed by atoms with van der Waals surface area (Å²) in [7, 11) is 1.36. The molecule has 0 spiro atoms. The number of ether oxygens (including phenoxy) is 2. The van der Waals surface area contributed by atoms with Crippen LogP contribution in [0.5, 0.6) is 0 Å². The van der Waals surface area contributed by atoms with Gasteiger partial charge >= 0.3 is 5.97 Å². The van der Waals surface area contributed by atoms with Crippen molar-refractivity contribution in [1.29, 1.82) is 0 Å². The number of rotatable bonds is 1. The summed E-state index contributed by atoms with van der Waals surface area (Å²) in [6.45, 7) is 3.13. The molecule has 0 amide bonds. The molecule has 2 unspecified atom stereocenters. The van der Waals surface area contributed by atoms with Crippen LogP contribution in [0, 0.1) is 0 Å². The van der Waals surface area contributed by atoms with Crippen molar-refractivity contribution in [3.8, 4) is 0 Å². The summed E-state index contributed by atoms with van der Waals surface area (Å²) in [6.07, 6.45) is -0.420. The van der Waals surface area contributed by atoms with E-state index in [4.69, 9.17) is 4.74 Å². The summed E-state index contributed by atoms with van der Waals surface area (Å²) in [5.74, 6) is -0.301. The monoisotopic (exact) mass is 195 g/mol. The second-order valence-electron chi connectivity index (χ2n) is 2.65. The largest absolute Gasteiger partial charge is 0.467 e. The van der Waals surface area contributed by atoms with Crippen molar-refractivity contribution in [3.05, 3.63) is 0 Å². The predicted molar refractivity (Wildman–Crippen MR) is 46.5 cm³/mol. The van der Waals surface area contributed by atoms with E-state index in [0.29, 0.717) is 19.2 Å². The fourth-order valence-corrected chi connectivity index (χ4v) is 0.969. The first-order valence-electron chi connectivity index (χ1n) is 3.67. The Labute approximate surface area is 78.0 Å². The maximum Gasteiger partial charge on any atom is 0.336 e. The Hall–Kier alpha value is -0.320. The molecule has 0 aromatic heterocycles.